The average Bonchev–Trinajstić information content (AvgIpc) is 2.35. The fourth-order valence-electron chi connectivity index (χ4n) is 2.22. The number of amides is 1. The number of aliphatic carboxylic acids is 1. The highest BCUT2D eigenvalue weighted by molar-refractivity contribution is 5.97. The number of benzene rings is 1. The molecule has 116 valence electrons. The third-order valence-corrected chi connectivity index (χ3v) is 2.97. The Morgan fingerprint density at radius 2 is 1.90 bits per heavy atom. The lowest BCUT2D eigenvalue weighted by molar-refractivity contribution is -0.137. The molecule has 1 atom stereocenters. The first-order chi connectivity index (χ1) is 9.73. The number of carboxylic acids is 1. The summed E-state index contributed by atoms with van der Waals surface area (Å²) in [6, 6.07) is 6.46. The van der Waals surface area contributed by atoms with Gasteiger partial charge in [0.25, 0.3) is 5.91 Å². The normalized spacial score (nSPS) is 12.6. The number of rotatable bonds is 6. The van der Waals surface area contributed by atoms with E-state index in [9.17, 15) is 9.59 Å². The second kappa shape index (κ2) is 7.11. The maximum absolute atomic E-state index is 12.3. The number of para-hydroxylation sites is 1. The van der Waals surface area contributed by atoms with Crippen LogP contribution in [0.1, 0.15) is 44.0 Å². The number of carboxylic acid groups (broad SMARTS) is 1. The first kappa shape index (κ1) is 17.0. The number of carbonyl (C=O) groups is 2. The van der Waals surface area contributed by atoms with Gasteiger partial charge < -0.3 is 15.2 Å². The predicted molar refractivity (Wildman–Crippen MR) is 80.6 cm³/mol. The summed E-state index contributed by atoms with van der Waals surface area (Å²) < 4.78 is 5.15. The number of hydrogen-bond donors (Lipinski definition) is 2. The molecule has 0 aliphatic rings. The molecule has 0 bridgehead atoms. The molecule has 21 heavy (non-hydrogen) atoms. The van der Waals surface area contributed by atoms with Crippen molar-refractivity contribution in [1.29, 1.82) is 0 Å². The second-order valence-electron chi connectivity index (χ2n) is 6.23. The molecule has 5 heteroatoms. The van der Waals surface area contributed by atoms with E-state index in [0.717, 1.165) is 0 Å². The SMILES string of the molecule is COc1ccccc1C(=O)NC(CC(=O)O)CC(C)(C)C. The molecule has 0 fully saturated rings. The summed E-state index contributed by atoms with van der Waals surface area (Å²) in [6.45, 7) is 6.03. The quantitative estimate of drug-likeness (QED) is 0.845. The van der Waals surface area contributed by atoms with Crippen molar-refractivity contribution in [2.45, 2.75) is 39.7 Å². The number of hydrogen-bond acceptors (Lipinski definition) is 3. The minimum atomic E-state index is -0.926. The lowest BCUT2D eigenvalue weighted by Crippen LogP contribution is -2.39. The van der Waals surface area contributed by atoms with Crippen LogP contribution in [0.15, 0.2) is 24.3 Å². The lowest BCUT2D eigenvalue weighted by atomic mass is 9.87. The first-order valence-electron chi connectivity index (χ1n) is 6.88. The summed E-state index contributed by atoms with van der Waals surface area (Å²) in [4.78, 5) is 23.3. The van der Waals surface area contributed by atoms with Crippen molar-refractivity contribution >= 4 is 11.9 Å². The summed E-state index contributed by atoms with van der Waals surface area (Å²) in [6.07, 6.45) is 0.484. The highest BCUT2D eigenvalue weighted by atomic mass is 16.5. The minimum absolute atomic E-state index is 0.0752. The summed E-state index contributed by atoms with van der Waals surface area (Å²) in [5.41, 5.74) is 0.332. The van der Waals surface area contributed by atoms with Crippen molar-refractivity contribution in [3.8, 4) is 5.75 Å². The predicted octanol–water partition coefficient (Wildman–Crippen LogP) is 2.70. The van der Waals surface area contributed by atoms with Crippen molar-refractivity contribution in [3.63, 3.8) is 0 Å². The zero-order valence-electron chi connectivity index (χ0n) is 13.0. The molecule has 0 saturated carbocycles. The van der Waals surface area contributed by atoms with E-state index in [2.05, 4.69) is 5.32 Å². The van der Waals surface area contributed by atoms with Crippen LogP contribution in [0.25, 0.3) is 0 Å². The molecule has 2 N–H and O–H groups in total. The van der Waals surface area contributed by atoms with Gasteiger partial charge in [0.2, 0.25) is 0 Å². The van der Waals surface area contributed by atoms with Gasteiger partial charge in [0.05, 0.1) is 19.1 Å². The molecule has 0 aliphatic heterocycles. The summed E-state index contributed by atoms with van der Waals surface area (Å²) in [5, 5.41) is 11.8. The molecule has 1 rings (SSSR count). The Morgan fingerprint density at radius 1 is 1.29 bits per heavy atom. The number of methoxy groups -OCH3 is 1. The Kier molecular flexibility index (Phi) is 5.76. The highest BCUT2D eigenvalue weighted by Crippen LogP contribution is 2.23. The van der Waals surface area contributed by atoms with Gasteiger partial charge >= 0.3 is 5.97 Å². The lowest BCUT2D eigenvalue weighted by Gasteiger charge is -2.26. The molecule has 0 aromatic heterocycles. The van der Waals surface area contributed by atoms with E-state index in [-0.39, 0.29) is 17.7 Å². The van der Waals surface area contributed by atoms with Crippen molar-refractivity contribution < 1.29 is 19.4 Å². The van der Waals surface area contributed by atoms with Crippen LogP contribution in [0.5, 0.6) is 5.75 Å². The molecule has 0 heterocycles. The van der Waals surface area contributed by atoms with Gasteiger partial charge in [-0.3, -0.25) is 9.59 Å². The van der Waals surface area contributed by atoms with E-state index in [1.54, 1.807) is 24.3 Å². The van der Waals surface area contributed by atoms with Crippen molar-refractivity contribution in [1.82, 2.24) is 5.32 Å². The number of ether oxygens (including phenoxy) is 1. The molecule has 0 aliphatic carbocycles. The monoisotopic (exact) mass is 293 g/mol. The largest absolute Gasteiger partial charge is 0.496 e. The zero-order chi connectivity index (χ0) is 16.0. The van der Waals surface area contributed by atoms with Crippen LogP contribution >= 0.6 is 0 Å². The van der Waals surface area contributed by atoms with Crippen molar-refractivity contribution in [2.75, 3.05) is 7.11 Å². The molecule has 0 spiro atoms. The molecule has 1 unspecified atom stereocenters. The third-order valence-electron chi connectivity index (χ3n) is 2.97. The average molecular weight is 293 g/mol. The van der Waals surface area contributed by atoms with Gasteiger partial charge in [0, 0.05) is 6.04 Å². The van der Waals surface area contributed by atoms with Gasteiger partial charge in [-0.2, -0.15) is 0 Å². The van der Waals surface area contributed by atoms with E-state index in [1.165, 1.54) is 7.11 Å². The molecular weight excluding hydrogens is 270 g/mol. The standard InChI is InChI=1S/C16H23NO4/c1-16(2,3)10-11(9-14(18)19)17-15(20)12-7-5-6-8-13(12)21-4/h5-8,11H,9-10H2,1-4H3,(H,17,20)(H,18,19). The van der Waals surface area contributed by atoms with E-state index in [0.29, 0.717) is 17.7 Å². The van der Waals surface area contributed by atoms with Crippen LogP contribution in [0.3, 0.4) is 0 Å². The van der Waals surface area contributed by atoms with Crippen molar-refractivity contribution in [3.05, 3.63) is 29.8 Å². The second-order valence-corrected chi connectivity index (χ2v) is 6.23. The Labute approximate surface area is 125 Å². The van der Waals surface area contributed by atoms with Gasteiger partial charge in [-0.05, 0) is 24.0 Å². The maximum Gasteiger partial charge on any atom is 0.305 e. The van der Waals surface area contributed by atoms with E-state index < -0.39 is 12.0 Å². The Bertz CT molecular complexity index is 505. The van der Waals surface area contributed by atoms with E-state index in [4.69, 9.17) is 9.84 Å². The van der Waals surface area contributed by atoms with Crippen LogP contribution in [0.4, 0.5) is 0 Å². The van der Waals surface area contributed by atoms with E-state index >= 15 is 0 Å². The zero-order valence-corrected chi connectivity index (χ0v) is 13.0. The van der Waals surface area contributed by atoms with Crippen LogP contribution in [0.2, 0.25) is 0 Å². The van der Waals surface area contributed by atoms with Gasteiger partial charge in [0.15, 0.2) is 0 Å². The van der Waals surface area contributed by atoms with Crippen LogP contribution < -0.4 is 10.1 Å². The minimum Gasteiger partial charge on any atom is -0.496 e. The molecule has 1 amide bonds. The Hall–Kier alpha value is -2.04. The third kappa shape index (κ3) is 5.85. The molecule has 0 radical (unpaired) electrons. The van der Waals surface area contributed by atoms with Gasteiger partial charge in [0.1, 0.15) is 5.75 Å². The summed E-state index contributed by atoms with van der Waals surface area (Å²) >= 11 is 0. The van der Waals surface area contributed by atoms with Gasteiger partial charge in [-0.25, -0.2) is 0 Å². The van der Waals surface area contributed by atoms with Crippen LogP contribution in [-0.2, 0) is 4.79 Å². The summed E-state index contributed by atoms with van der Waals surface area (Å²) in [5.74, 6) is -0.771. The maximum atomic E-state index is 12.3. The molecule has 1 aromatic carbocycles. The molecule has 0 saturated heterocycles. The van der Waals surface area contributed by atoms with Crippen LogP contribution in [-0.4, -0.2) is 30.1 Å². The highest BCUT2D eigenvalue weighted by Gasteiger charge is 2.24. The molecule has 5 nitrogen and oxygen atoms in total. The number of carbonyl (C=O) groups excluding carboxylic acids is 1. The topological polar surface area (TPSA) is 75.6 Å². The fraction of sp³-hybridized carbons (Fsp3) is 0.500. The first-order valence-corrected chi connectivity index (χ1v) is 6.88. The van der Waals surface area contributed by atoms with Gasteiger partial charge in [-0.1, -0.05) is 32.9 Å². The summed E-state index contributed by atoms with van der Waals surface area (Å²) in [7, 11) is 1.50. The number of nitrogens with one attached hydrogen (secondary N) is 1. The molecular formula is C16H23NO4. The fourth-order valence-corrected chi connectivity index (χ4v) is 2.22. The smallest absolute Gasteiger partial charge is 0.305 e. The van der Waals surface area contributed by atoms with Crippen LogP contribution in [0, 0.1) is 5.41 Å². The Balaban J connectivity index is 2.86. The van der Waals surface area contributed by atoms with Crippen molar-refractivity contribution in [2.24, 2.45) is 5.41 Å². The van der Waals surface area contributed by atoms with Gasteiger partial charge in [-0.15, -0.1) is 0 Å². The van der Waals surface area contributed by atoms with E-state index in [1.807, 2.05) is 20.8 Å². The Morgan fingerprint density at radius 3 is 2.43 bits per heavy atom. The molecule has 1 aromatic rings.